The molecule has 1 heterocycles. The number of anilines is 4. The second-order valence-electron chi connectivity index (χ2n) is 11.4. The summed E-state index contributed by atoms with van der Waals surface area (Å²) in [5, 5.41) is 21.6. The normalized spacial score (nSPS) is 13.1. The summed E-state index contributed by atoms with van der Waals surface area (Å²) in [5.41, 5.74) is -1.01. The molecule has 21 nitrogen and oxygen atoms in total. The maximum Gasteiger partial charge on any atom is 0.397 e. The number of nitrogens with zero attached hydrogens (tertiary/aromatic N) is 6. The minimum absolute atomic E-state index is 0.0343. The van der Waals surface area contributed by atoms with E-state index in [-0.39, 0.29) is 35.1 Å². The van der Waals surface area contributed by atoms with Crippen LogP contribution in [-0.2, 0) is 55.5 Å². The summed E-state index contributed by atoms with van der Waals surface area (Å²) in [7, 11) is -21.3. The zero-order chi connectivity index (χ0) is 42.8. The molecule has 0 aliphatic heterocycles. The molecular formula is C31H28ClN7O14S5. The lowest BCUT2D eigenvalue weighted by atomic mass is 10.1. The molecule has 58 heavy (non-hydrogen) atoms. The van der Waals surface area contributed by atoms with E-state index in [1.165, 1.54) is 17.5 Å². The fourth-order valence-electron chi connectivity index (χ4n) is 5.22. The molecule has 0 amide bonds. The molecule has 308 valence electrons. The molecule has 4 aromatic carbocycles. The lowest BCUT2D eigenvalue weighted by molar-refractivity contribution is 0.284. The van der Waals surface area contributed by atoms with Crippen molar-refractivity contribution in [1.29, 1.82) is 0 Å². The van der Waals surface area contributed by atoms with Crippen LogP contribution in [-0.4, -0.2) is 90.5 Å². The van der Waals surface area contributed by atoms with Crippen LogP contribution >= 0.6 is 11.6 Å². The number of nitrogens with one attached hydrogen (secondary N) is 1. The summed E-state index contributed by atoms with van der Waals surface area (Å²) in [5.74, 6) is -2.38. The Hall–Kier alpha value is -5.03. The molecule has 1 atom stereocenters. The van der Waals surface area contributed by atoms with Crippen molar-refractivity contribution in [3.05, 3.63) is 84.0 Å². The Bertz CT molecular complexity index is 2970. The third-order valence-corrected chi connectivity index (χ3v) is 12.8. The van der Waals surface area contributed by atoms with E-state index in [4.69, 9.17) is 16.2 Å². The molecule has 0 aliphatic carbocycles. The number of phenolic OH excluding ortho intramolecular Hbond substituents is 1. The summed E-state index contributed by atoms with van der Waals surface area (Å²) in [6, 6.07) is 13.4. The zero-order valence-corrected chi connectivity index (χ0v) is 34.1. The van der Waals surface area contributed by atoms with Crippen molar-refractivity contribution in [3.63, 3.8) is 0 Å². The van der Waals surface area contributed by atoms with Gasteiger partial charge in [0.25, 0.3) is 20.2 Å². The Balaban J connectivity index is 1.65. The van der Waals surface area contributed by atoms with Crippen molar-refractivity contribution in [3.8, 4) is 5.75 Å². The molecule has 0 bridgehead atoms. The van der Waals surface area contributed by atoms with Crippen LogP contribution in [0.5, 0.6) is 5.75 Å². The van der Waals surface area contributed by atoms with Crippen LogP contribution < -0.4 is 10.2 Å². The van der Waals surface area contributed by atoms with Crippen LogP contribution in [0.15, 0.2) is 109 Å². The largest absolute Gasteiger partial charge is 0.505 e. The van der Waals surface area contributed by atoms with E-state index in [2.05, 4.69) is 41.3 Å². The average molecular weight is 918 g/mol. The van der Waals surface area contributed by atoms with Gasteiger partial charge < -0.3 is 15.3 Å². The maximum absolute atomic E-state index is 12.8. The number of rotatable bonds is 16. The van der Waals surface area contributed by atoms with E-state index in [1.54, 1.807) is 36.1 Å². The minimum atomic E-state index is -5.37. The van der Waals surface area contributed by atoms with Gasteiger partial charge in [-0.1, -0.05) is 18.7 Å². The van der Waals surface area contributed by atoms with E-state index in [1.807, 2.05) is 0 Å². The van der Waals surface area contributed by atoms with Gasteiger partial charge in [0.15, 0.2) is 15.6 Å². The Labute approximate surface area is 338 Å². The lowest BCUT2D eigenvalue weighted by Gasteiger charge is -2.22. The SMILES string of the molecule is C=CS(=O)c1cccc(N(CC)c2nc(Cl)nc(Nc3ccc(S(=O)(=O)O)c4cc(S(=O)(=O)O)c(N=Nc5cccc(S(=O)(=O)CCOS(=O)(=O)O)c5)c(O)c34)n2)c1. The van der Waals surface area contributed by atoms with E-state index in [9.17, 15) is 52.1 Å². The number of hydrogen-bond donors (Lipinski definition) is 5. The quantitative estimate of drug-likeness (QED) is 0.0639. The molecule has 5 aromatic rings. The van der Waals surface area contributed by atoms with Gasteiger partial charge >= 0.3 is 10.4 Å². The lowest BCUT2D eigenvalue weighted by Crippen LogP contribution is -2.20. The van der Waals surface area contributed by atoms with Gasteiger partial charge in [0.05, 0.1) is 44.8 Å². The van der Waals surface area contributed by atoms with Crippen LogP contribution in [0, 0.1) is 0 Å². The second-order valence-corrected chi connectivity index (χ2v) is 19.1. The highest BCUT2D eigenvalue weighted by molar-refractivity contribution is 7.91. The number of benzene rings is 4. The Kier molecular flexibility index (Phi) is 13.0. The molecule has 0 spiro atoms. The number of azo groups is 1. The van der Waals surface area contributed by atoms with E-state index < -0.39 is 101 Å². The average Bonchev–Trinajstić information content (AvgIpc) is 3.13. The number of hydrogen-bond acceptors (Lipinski definition) is 18. The summed E-state index contributed by atoms with van der Waals surface area (Å²) in [6.45, 7) is 4.59. The van der Waals surface area contributed by atoms with Gasteiger partial charge in [-0.05, 0) is 73.1 Å². The van der Waals surface area contributed by atoms with Crippen molar-refractivity contribution in [1.82, 2.24) is 15.0 Å². The third kappa shape index (κ3) is 10.3. The highest BCUT2D eigenvalue weighted by atomic mass is 35.5. The van der Waals surface area contributed by atoms with Crippen LogP contribution in [0.25, 0.3) is 10.8 Å². The van der Waals surface area contributed by atoms with Crippen LogP contribution in [0.3, 0.4) is 0 Å². The van der Waals surface area contributed by atoms with Crippen molar-refractivity contribution >= 4 is 108 Å². The minimum Gasteiger partial charge on any atom is -0.505 e. The van der Waals surface area contributed by atoms with E-state index >= 15 is 0 Å². The molecule has 0 saturated heterocycles. The van der Waals surface area contributed by atoms with Crippen LogP contribution in [0.2, 0.25) is 5.28 Å². The number of aromatic hydroxyl groups is 1. The van der Waals surface area contributed by atoms with E-state index in [0.29, 0.717) is 16.6 Å². The smallest absolute Gasteiger partial charge is 0.397 e. The number of phenols is 1. The van der Waals surface area contributed by atoms with Crippen molar-refractivity contribution in [2.75, 3.05) is 29.1 Å². The maximum atomic E-state index is 12.8. The van der Waals surface area contributed by atoms with Gasteiger partial charge in [-0.2, -0.15) is 45.3 Å². The van der Waals surface area contributed by atoms with Gasteiger partial charge in [-0.3, -0.25) is 13.7 Å². The van der Waals surface area contributed by atoms with Gasteiger partial charge in [0, 0.05) is 27.9 Å². The van der Waals surface area contributed by atoms with Crippen molar-refractivity contribution < 1.29 is 60.8 Å². The Morgan fingerprint density at radius 2 is 1.59 bits per heavy atom. The number of sulfone groups is 1. The van der Waals surface area contributed by atoms with Gasteiger partial charge in [0.1, 0.15) is 15.5 Å². The van der Waals surface area contributed by atoms with Gasteiger partial charge in [-0.25, -0.2) is 16.8 Å². The van der Waals surface area contributed by atoms with Crippen LogP contribution in [0.4, 0.5) is 34.6 Å². The van der Waals surface area contributed by atoms with Gasteiger partial charge in [-0.15, -0.1) is 5.11 Å². The first-order valence-corrected chi connectivity index (χ1v) is 23.2. The molecule has 1 unspecified atom stereocenters. The molecular weight excluding hydrogens is 890 g/mol. The highest BCUT2D eigenvalue weighted by Gasteiger charge is 2.28. The highest BCUT2D eigenvalue weighted by Crippen LogP contribution is 2.46. The van der Waals surface area contributed by atoms with Gasteiger partial charge in [0.2, 0.25) is 17.2 Å². The summed E-state index contributed by atoms with van der Waals surface area (Å²) >= 11 is 6.27. The molecule has 5 N–H and O–H groups in total. The molecule has 0 fully saturated rings. The molecule has 0 radical (unpaired) electrons. The predicted molar refractivity (Wildman–Crippen MR) is 209 cm³/mol. The number of halogens is 1. The molecule has 5 rings (SSSR count). The molecule has 1 aromatic heterocycles. The Morgan fingerprint density at radius 3 is 2.22 bits per heavy atom. The fraction of sp³-hybridized carbons (Fsp3) is 0.129. The molecule has 0 saturated carbocycles. The monoisotopic (exact) mass is 917 g/mol. The Morgan fingerprint density at radius 1 is 0.897 bits per heavy atom. The van der Waals surface area contributed by atoms with Crippen molar-refractivity contribution in [2.24, 2.45) is 10.2 Å². The molecule has 27 heteroatoms. The summed E-state index contributed by atoms with van der Waals surface area (Å²) < 4.78 is 143. The third-order valence-electron chi connectivity index (χ3n) is 7.67. The number of fused-ring (bicyclic) bond motifs is 1. The van der Waals surface area contributed by atoms with E-state index in [0.717, 1.165) is 24.3 Å². The topological polar surface area (TPSA) is 322 Å². The summed E-state index contributed by atoms with van der Waals surface area (Å²) in [4.78, 5) is 12.0. The van der Waals surface area contributed by atoms with Crippen molar-refractivity contribution in [2.45, 2.75) is 26.5 Å². The molecule has 0 aliphatic rings. The first kappa shape index (κ1) is 44.1. The fourth-order valence-corrected chi connectivity index (χ4v) is 8.87. The summed E-state index contributed by atoms with van der Waals surface area (Å²) in [6.07, 6.45) is 0. The van der Waals surface area contributed by atoms with Crippen LogP contribution in [0.1, 0.15) is 6.92 Å². The second kappa shape index (κ2) is 17.1. The first-order valence-electron chi connectivity index (χ1n) is 15.8. The zero-order valence-electron chi connectivity index (χ0n) is 29.2. The standard InChI is InChI=1S/C31H28ClN7O14S5/c1-3-39(19-8-6-9-20(16-19)54(41)4-2)31-35-29(32)34-30(36-31)33-23-11-12-24(56(44,45)46)22-17-25(57(47,48)49)27(28(40)26(22)23)38-37-18-7-5-10-21(15-18)55(42,43)14-13-53-58(50,51)52/h4-12,15-17,40H,2-3,13-14H2,1H3,(H,44,45,46)(H,47,48,49)(H,50,51,52)(H,33,34,35,36). The number of aromatic nitrogens is 3. The first-order chi connectivity index (χ1) is 27.0. The predicted octanol–water partition coefficient (Wildman–Crippen LogP) is 5.04.